The Labute approximate surface area is 86.5 Å². The van der Waals surface area contributed by atoms with Crippen molar-refractivity contribution in [2.45, 2.75) is 0 Å². The molecule has 0 aliphatic carbocycles. The van der Waals surface area contributed by atoms with Crippen LogP contribution in [0.15, 0.2) is 12.1 Å². The minimum atomic E-state index is -1.22. The molecule has 0 saturated carbocycles. The Balaban J connectivity index is 0.00000121. The SMILES string of the molecule is O=C(O)c1cc(O)nc(O)c1.[Hf]. The van der Waals surface area contributed by atoms with Gasteiger partial charge in [-0.2, -0.15) is 4.98 Å². The zero-order chi connectivity index (χ0) is 8.43. The zero-order valence-electron chi connectivity index (χ0n) is 5.85. The number of carboxylic acid groups (broad SMARTS) is 1. The van der Waals surface area contributed by atoms with Gasteiger partial charge >= 0.3 is 5.97 Å². The average Bonchev–Trinajstić information content (AvgIpc) is 1.85. The summed E-state index contributed by atoms with van der Waals surface area (Å²) in [6, 6.07) is 1.89. The predicted molar refractivity (Wildman–Crippen MR) is 34.5 cm³/mol. The number of aromatic nitrogens is 1. The van der Waals surface area contributed by atoms with E-state index in [1.165, 1.54) is 0 Å². The maximum Gasteiger partial charge on any atom is 0.336 e. The summed E-state index contributed by atoms with van der Waals surface area (Å²) in [7, 11) is 0. The molecule has 0 fully saturated rings. The first kappa shape index (κ1) is 11.1. The van der Waals surface area contributed by atoms with Crippen LogP contribution in [0.1, 0.15) is 10.4 Å². The standard InChI is InChI=1S/C6H5NO4.Hf/c8-4-1-3(6(10)11)2-5(9)7-4;/h1-2H,(H,10,11)(H2,7,8,9);. The Hall–Kier alpha value is -0.910. The van der Waals surface area contributed by atoms with Gasteiger partial charge in [-0.3, -0.25) is 0 Å². The van der Waals surface area contributed by atoms with E-state index < -0.39 is 17.7 Å². The van der Waals surface area contributed by atoms with Crippen molar-refractivity contribution in [1.82, 2.24) is 4.98 Å². The van der Waals surface area contributed by atoms with Crippen molar-refractivity contribution < 1.29 is 46.0 Å². The molecule has 3 N–H and O–H groups in total. The third-order valence-electron chi connectivity index (χ3n) is 1.05. The Bertz CT molecular complexity index is 281. The molecule has 0 saturated heterocycles. The molecule has 0 unspecified atom stereocenters. The van der Waals surface area contributed by atoms with E-state index in [9.17, 15) is 4.79 Å². The Morgan fingerprint density at radius 3 is 2.00 bits per heavy atom. The second-order valence-corrected chi connectivity index (χ2v) is 1.88. The quantitative estimate of drug-likeness (QED) is 0.638. The molecule has 0 amide bonds. The van der Waals surface area contributed by atoms with E-state index in [0.717, 1.165) is 12.1 Å². The summed E-state index contributed by atoms with van der Waals surface area (Å²) >= 11 is 0. The van der Waals surface area contributed by atoms with Crippen molar-refractivity contribution in [2.75, 3.05) is 0 Å². The van der Waals surface area contributed by atoms with Gasteiger partial charge in [-0.1, -0.05) is 0 Å². The molecular weight excluding hydrogens is 329 g/mol. The van der Waals surface area contributed by atoms with Gasteiger partial charge in [0.25, 0.3) is 0 Å². The molecule has 1 aromatic heterocycles. The first-order valence-electron chi connectivity index (χ1n) is 2.73. The van der Waals surface area contributed by atoms with Gasteiger partial charge in [0, 0.05) is 38.0 Å². The van der Waals surface area contributed by atoms with Crippen molar-refractivity contribution in [1.29, 1.82) is 0 Å². The number of carbonyl (C=O) groups is 1. The number of hydrogen-bond acceptors (Lipinski definition) is 4. The van der Waals surface area contributed by atoms with E-state index in [1.54, 1.807) is 0 Å². The van der Waals surface area contributed by atoms with Gasteiger partial charge in [0.2, 0.25) is 11.8 Å². The van der Waals surface area contributed by atoms with Crippen molar-refractivity contribution in [3.8, 4) is 11.8 Å². The fraction of sp³-hybridized carbons (Fsp3) is 0. The molecule has 6 heteroatoms. The third-order valence-corrected chi connectivity index (χ3v) is 1.05. The molecule has 0 radical (unpaired) electrons. The van der Waals surface area contributed by atoms with Crippen LogP contribution in [0, 0.1) is 0 Å². The second-order valence-electron chi connectivity index (χ2n) is 1.88. The van der Waals surface area contributed by atoms with Crippen LogP contribution in [0.5, 0.6) is 11.8 Å². The molecule has 0 atom stereocenters. The second kappa shape index (κ2) is 4.20. The minimum absolute atomic E-state index is 0. The summed E-state index contributed by atoms with van der Waals surface area (Å²) in [4.78, 5) is 13.4. The van der Waals surface area contributed by atoms with E-state index in [-0.39, 0.29) is 31.4 Å². The van der Waals surface area contributed by atoms with Crippen LogP contribution in [0.25, 0.3) is 0 Å². The van der Waals surface area contributed by atoms with Crippen LogP contribution in [-0.2, 0) is 25.8 Å². The predicted octanol–water partition coefficient (Wildman–Crippen LogP) is 0.188. The summed E-state index contributed by atoms with van der Waals surface area (Å²) in [6.45, 7) is 0. The Morgan fingerprint density at radius 2 is 1.67 bits per heavy atom. The summed E-state index contributed by atoms with van der Waals surface area (Å²) in [5.41, 5.74) is -0.199. The van der Waals surface area contributed by atoms with Gasteiger partial charge in [0.15, 0.2) is 0 Å². The number of rotatable bonds is 1. The summed E-state index contributed by atoms with van der Waals surface area (Å²) in [6.07, 6.45) is 0. The van der Waals surface area contributed by atoms with E-state index in [2.05, 4.69) is 4.98 Å². The molecule has 5 nitrogen and oxygen atoms in total. The first-order chi connectivity index (χ1) is 5.09. The average molecular weight is 334 g/mol. The Kier molecular flexibility index (Phi) is 3.88. The van der Waals surface area contributed by atoms with Crippen LogP contribution < -0.4 is 0 Å². The number of hydrogen-bond donors (Lipinski definition) is 3. The maximum atomic E-state index is 10.3. The van der Waals surface area contributed by atoms with Crippen molar-refractivity contribution in [3.63, 3.8) is 0 Å². The Morgan fingerprint density at radius 1 is 1.25 bits per heavy atom. The maximum absolute atomic E-state index is 10.3. The van der Waals surface area contributed by atoms with Crippen molar-refractivity contribution in [2.24, 2.45) is 0 Å². The third kappa shape index (κ3) is 2.61. The van der Waals surface area contributed by atoms with Gasteiger partial charge in [0.1, 0.15) is 0 Å². The van der Waals surface area contributed by atoms with Gasteiger partial charge < -0.3 is 15.3 Å². The largest absolute Gasteiger partial charge is 0.493 e. The van der Waals surface area contributed by atoms with Crippen LogP contribution in [0.4, 0.5) is 0 Å². The number of aromatic hydroxyl groups is 2. The molecule has 0 bridgehead atoms. The molecular formula is C6H5HfNO4. The number of aromatic carboxylic acids is 1. The molecule has 12 heavy (non-hydrogen) atoms. The molecule has 1 heterocycles. The fourth-order valence-corrected chi connectivity index (χ4v) is 0.625. The molecule has 0 aliphatic heterocycles. The molecule has 0 aliphatic rings. The zero-order valence-corrected chi connectivity index (χ0v) is 9.44. The topological polar surface area (TPSA) is 90.7 Å². The van der Waals surface area contributed by atoms with Gasteiger partial charge in [-0.25, -0.2) is 4.79 Å². The van der Waals surface area contributed by atoms with Crippen LogP contribution >= 0.6 is 0 Å². The van der Waals surface area contributed by atoms with Crippen LogP contribution in [0.3, 0.4) is 0 Å². The monoisotopic (exact) mass is 335 g/mol. The smallest absolute Gasteiger partial charge is 0.336 e. The summed E-state index contributed by atoms with van der Waals surface area (Å²) in [5.74, 6) is -2.25. The van der Waals surface area contributed by atoms with E-state index >= 15 is 0 Å². The molecule has 0 spiro atoms. The van der Waals surface area contributed by atoms with Crippen LogP contribution in [0.2, 0.25) is 0 Å². The van der Waals surface area contributed by atoms with E-state index in [4.69, 9.17) is 15.3 Å². The van der Waals surface area contributed by atoms with Gasteiger partial charge in [0.05, 0.1) is 5.56 Å². The van der Waals surface area contributed by atoms with E-state index in [1.807, 2.05) is 0 Å². The number of pyridine rings is 1. The van der Waals surface area contributed by atoms with Crippen molar-refractivity contribution >= 4 is 5.97 Å². The number of nitrogens with zero attached hydrogens (tertiary/aromatic N) is 1. The van der Waals surface area contributed by atoms with E-state index in [0.29, 0.717) is 0 Å². The first-order valence-corrected chi connectivity index (χ1v) is 2.73. The van der Waals surface area contributed by atoms with Crippen LogP contribution in [-0.4, -0.2) is 26.3 Å². The van der Waals surface area contributed by atoms with Crippen molar-refractivity contribution in [3.05, 3.63) is 17.7 Å². The van der Waals surface area contributed by atoms with Gasteiger partial charge in [-0.05, 0) is 0 Å². The normalized spacial score (nSPS) is 8.67. The van der Waals surface area contributed by atoms with Gasteiger partial charge in [-0.15, -0.1) is 0 Å². The summed E-state index contributed by atoms with van der Waals surface area (Å²) in [5, 5.41) is 25.8. The molecule has 62 valence electrons. The number of carboxylic acids is 1. The summed E-state index contributed by atoms with van der Waals surface area (Å²) < 4.78 is 0. The molecule has 1 rings (SSSR count). The fourth-order valence-electron chi connectivity index (χ4n) is 0.625. The molecule has 1 aromatic rings. The minimum Gasteiger partial charge on any atom is -0.493 e. The molecule has 0 aromatic carbocycles.